The van der Waals surface area contributed by atoms with Crippen molar-refractivity contribution in [3.63, 3.8) is 0 Å². The summed E-state index contributed by atoms with van der Waals surface area (Å²) in [5.74, 6) is -0.784. The summed E-state index contributed by atoms with van der Waals surface area (Å²) in [5.41, 5.74) is 0. The molecule has 3 heteroatoms. The van der Waals surface area contributed by atoms with Crippen LogP contribution in [0.1, 0.15) is 32.6 Å². The van der Waals surface area contributed by atoms with Crippen LogP contribution in [0.5, 0.6) is 0 Å². The number of methoxy groups -OCH3 is 1. The molecule has 0 aromatic carbocycles. The third kappa shape index (κ3) is 5.85. The Labute approximate surface area is 67.4 Å². The summed E-state index contributed by atoms with van der Waals surface area (Å²) in [4.78, 5) is 10.3. The number of carboxylic acids is 1. The largest absolute Gasteiger partial charge is 0.481 e. The molecule has 66 valence electrons. The van der Waals surface area contributed by atoms with Crippen LogP contribution in [0.15, 0.2) is 0 Å². The summed E-state index contributed by atoms with van der Waals surface area (Å²) >= 11 is 0. The van der Waals surface area contributed by atoms with E-state index in [9.17, 15) is 4.79 Å². The number of carbonyl (C=O) groups is 1. The molecule has 3 nitrogen and oxygen atoms in total. The van der Waals surface area contributed by atoms with Gasteiger partial charge in [-0.05, 0) is 6.42 Å². The molecule has 0 fully saturated rings. The van der Waals surface area contributed by atoms with Gasteiger partial charge in [0.2, 0.25) is 0 Å². The van der Waals surface area contributed by atoms with Gasteiger partial charge in [-0.1, -0.05) is 19.8 Å². The average Bonchev–Trinajstić information content (AvgIpc) is 1.97. The lowest BCUT2D eigenvalue weighted by atomic mass is 10.1. The van der Waals surface area contributed by atoms with Crippen LogP contribution in [-0.4, -0.2) is 24.3 Å². The lowest BCUT2D eigenvalue weighted by molar-refractivity contribution is -0.139. The first kappa shape index (κ1) is 10.4. The Kier molecular flexibility index (Phi) is 5.84. The van der Waals surface area contributed by atoms with Crippen molar-refractivity contribution < 1.29 is 14.6 Å². The molecule has 0 aliphatic carbocycles. The van der Waals surface area contributed by atoms with E-state index < -0.39 is 5.97 Å². The molecule has 0 bridgehead atoms. The Morgan fingerprint density at radius 1 is 1.64 bits per heavy atom. The van der Waals surface area contributed by atoms with E-state index in [1.165, 1.54) is 0 Å². The third-order valence-electron chi connectivity index (χ3n) is 1.62. The van der Waals surface area contributed by atoms with Gasteiger partial charge in [-0.3, -0.25) is 4.79 Å². The molecule has 0 spiro atoms. The highest BCUT2D eigenvalue weighted by atomic mass is 16.5. The van der Waals surface area contributed by atoms with Crippen LogP contribution in [0.4, 0.5) is 0 Å². The Hall–Kier alpha value is -0.570. The van der Waals surface area contributed by atoms with Crippen molar-refractivity contribution in [2.45, 2.75) is 38.7 Å². The molecule has 1 N–H and O–H groups in total. The summed E-state index contributed by atoms with van der Waals surface area (Å²) in [6.45, 7) is 2.08. The highest BCUT2D eigenvalue weighted by Crippen LogP contribution is 2.07. The standard InChI is InChI=1S/C8H16O3/c1-3-4-5-7(11-2)6-8(9)10/h7H,3-6H2,1-2H3,(H,9,10). The molecule has 0 saturated heterocycles. The van der Waals surface area contributed by atoms with Crippen LogP contribution < -0.4 is 0 Å². The maximum Gasteiger partial charge on any atom is 0.305 e. The predicted molar refractivity (Wildman–Crippen MR) is 42.6 cm³/mol. The van der Waals surface area contributed by atoms with Gasteiger partial charge < -0.3 is 9.84 Å². The number of hydrogen-bond acceptors (Lipinski definition) is 2. The molecule has 1 atom stereocenters. The van der Waals surface area contributed by atoms with Gasteiger partial charge in [0.15, 0.2) is 0 Å². The topological polar surface area (TPSA) is 46.5 Å². The quantitative estimate of drug-likeness (QED) is 0.642. The molecule has 0 aliphatic rings. The Bertz CT molecular complexity index is 112. The van der Waals surface area contributed by atoms with Crippen LogP contribution in [0.3, 0.4) is 0 Å². The zero-order valence-corrected chi connectivity index (χ0v) is 7.17. The van der Waals surface area contributed by atoms with Crippen LogP contribution in [-0.2, 0) is 9.53 Å². The van der Waals surface area contributed by atoms with Crippen molar-refractivity contribution >= 4 is 5.97 Å². The monoisotopic (exact) mass is 160 g/mol. The summed E-state index contributed by atoms with van der Waals surface area (Å²) in [5, 5.41) is 8.43. The van der Waals surface area contributed by atoms with E-state index in [-0.39, 0.29) is 12.5 Å². The predicted octanol–water partition coefficient (Wildman–Crippen LogP) is 1.67. The number of unbranched alkanes of at least 4 members (excludes halogenated alkanes) is 1. The van der Waals surface area contributed by atoms with Crippen LogP contribution >= 0.6 is 0 Å². The van der Waals surface area contributed by atoms with E-state index in [4.69, 9.17) is 9.84 Å². The lowest BCUT2D eigenvalue weighted by Crippen LogP contribution is -2.15. The van der Waals surface area contributed by atoms with Crippen molar-refractivity contribution in [2.24, 2.45) is 0 Å². The van der Waals surface area contributed by atoms with Crippen molar-refractivity contribution in [2.75, 3.05) is 7.11 Å². The van der Waals surface area contributed by atoms with Crippen molar-refractivity contribution in [1.82, 2.24) is 0 Å². The molecular formula is C8H16O3. The molecule has 0 aromatic rings. The van der Waals surface area contributed by atoms with Crippen LogP contribution in [0.2, 0.25) is 0 Å². The van der Waals surface area contributed by atoms with Gasteiger partial charge in [0.1, 0.15) is 0 Å². The molecule has 0 aromatic heterocycles. The molecular weight excluding hydrogens is 144 g/mol. The second kappa shape index (κ2) is 6.16. The summed E-state index contributed by atoms with van der Waals surface area (Å²) in [7, 11) is 1.56. The first-order valence-corrected chi connectivity index (χ1v) is 3.95. The molecule has 0 saturated carbocycles. The number of carboxylic acid groups (broad SMARTS) is 1. The molecule has 0 amide bonds. The minimum atomic E-state index is -0.784. The maximum atomic E-state index is 10.3. The van der Waals surface area contributed by atoms with Gasteiger partial charge in [-0.15, -0.1) is 0 Å². The maximum absolute atomic E-state index is 10.3. The van der Waals surface area contributed by atoms with E-state index in [0.717, 1.165) is 19.3 Å². The molecule has 0 radical (unpaired) electrons. The van der Waals surface area contributed by atoms with Gasteiger partial charge in [0.05, 0.1) is 12.5 Å². The van der Waals surface area contributed by atoms with E-state index in [1.807, 2.05) is 0 Å². The number of rotatable bonds is 6. The zero-order chi connectivity index (χ0) is 8.69. The Balaban J connectivity index is 3.49. The van der Waals surface area contributed by atoms with Crippen LogP contribution in [0, 0.1) is 0 Å². The highest BCUT2D eigenvalue weighted by molar-refractivity contribution is 5.67. The molecule has 11 heavy (non-hydrogen) atoms. The summed E-state index contributed by atoms with van der Waals surface area (Å²) in [6.07, 6.45) is 2.98. The lowest BCUT2D eigenvalue weighted by Gasteiger charge is -2.11. The first-order valence-electron chi connectivity index (χ1n) is 3.95. The SMILES string of the molecule is CCCCC(CC(=O)O)OC. The van der Waals surface area contributed by atoms with Gasteiger partial charge >= 0.3 is 5.97 Å². The first-order chi connectivity index (χ1) is 5.20. The van der Waals surface area contributed by atoms with Gasteiger partial charge in [0.25, 0.3) is 0 Å². The van der Waals surface area contributed by atoms with E-state index in [2.05, 4.69) is 6.92 Å². The van der Waals surface area contributed by atoms with Crippen LogP contribution in [0.25, 0.3) is 0 Å². The van der Waals surface area contributed by atoms with E-state index >= 15 is 0 Å². The minimum absolute atomic E-state index is 0.104. The molecule has 0 rings (SSSR count). The number of hydrogen-bond donors (Lipinski definition) is 1. The van der Waals surface area contributed by atoms with Crippen molar-refractivity contribution in [3.05, 3.63) is 0 Å². The number of ether oxygens (including phenoxy) is 1. The fourth-order valence-corrected chi connectivity index (χ4v) is 0.930. The molecule has 0 heterocycles. The molecule has 0 aliphatic heterocycles. The fourth-order valence-electron chi connectivity index (χ4n) is 0.930. The smallest absolute Gasteiger partial charge is 0.305 e. The normalized spacial score (nSPS) is 12.9. The summed E-state index contributed by atoms with van der Waals surface area (Å²) in [6, 6.07) is 0. The Morgan fingerprint density at radius 2 is 2.27 bits per heavy atom. The highest BCUT2D eigenvalue weighted by Gasteiger charge is 2.10. The van der Waals surface area contributed by atoms with Gasteiger partial charge in [0, 0.05) is 7.11 Å². The van der Waals surface area contributed by atoms with Crippen molar-refractivity contribution in [1.29, 1.82) is 0 Å². The number of aliphatic carboxylic acids is 1. The van der Waals surface area contributed by atoms with E-state index in [0.29, 0.717) is 0 Å². The van der Waals surface area contributed by atoms with Gasteiger partial charge in [-0.2, -0.15) is 0 Å². The average molecular weight is 160 g/mol. The second-order valence-corrected chi connectivity index (χ2v) is 2.60. The van der Waals surface area contributed by atoms with Gasteiger partial charge in [-0.25, -0.2) is 0 Å². The zero-order valence-electron chi connectivity index (χ0n) is 7.17. The second-order valence-electron chi connectivity index (χ2n) is 2.60. The van der Waals surface area contributed by atoms with E-state index in [1.54, 1.807) is 7.11 Å². The Morgan fingerprint density at radius 3 is 2.64 bits per heavy atom. The third-order valence-corrected chi connectivity index (χ3v) is 1.62. The van der Waals surface area contributed by atoms with Crippen molar-refractivity contribution in [3.8, 4) is 0 Å². The molecule has 1 unspecified atom stereocenters. The minimum Gasteiger partial charge on any atom is -0.481 e. The fraction of sp³-hybridized carbons (Fsp3) is 0.875. The summed E-state index contributed by atoms with van der Waals surface area (Å²) < 4.78 is 4.98.